The molecule has 2 saturated heterocycles. The lowest BCUT2D eigenvalue weighted by Gasteiger charge is -2.33. The van der Waals surface area contributed by atoms with Crippen LogP contribution in [0.25, 0.3) is 0 Å². The second-order valence-electron chi connectivity index (χ2n) is 7.49. The molecule has 0 unspecified atom stereocenters. The van der Waals surface area contributed by atoms with Crippen LogP contribution in [0.5, 0.6) is 11.8 Å². The van der Waals surface area contributed by atoms with E-state index in [0.29, 0.717) is 45.7 Å². The molecule has 0 N–H and O–H groups in total. The van der Waals surface area contributed by atoms with Crippen LogP contribution in [-0.4, -0.2) is 75.5 Å². The largest absolute Gasteiger partial charge is 0.476 e. The number of nitrogens with zero attached hydrogens (tertiary/aromatic N) is 3. The third kappa shape index (κ3) is 4.67. The van der Waals surface area contributed by atoms with E-state index in [4.69, 9.17) is 14.2 Å². The van der Waals surface area contributed by atoms with Gasteiger partial charge in [0.15, 0.2) is 10.5 Å². The molecule has 0 aliphatic carbocycles. The smallest absolute Gasteiger partial charge is 0.287 e. The van der Waals surface area contributed by atoms with Crippen LogP contribution in [0.4, 0.5) is 8.78 Å². The molecule has 0 bridgehead atoms. The fraction of sp³-hybridized carbons (Fsp3) is 0.667. The molecular formula is C18H23F2N3O5S. The SMILES string of the molecule is O=S1(=O)N=CC2(CCOCC2)Oc2nc(OCCN3CCC(F)(F)CC3)ccc21. The van der Waals surface area contributed by atoms with Crippen molar-refractivity contribution in [1.29, 1.82) is 0 Å². The fourth-order valence-corrected chi connectivity index (χ4v) is 4.53. The van der Waals surface area contributed by atoms with Crippen molar-refractivity contribution in [2.24, 2.45) is 4.40 Å². The van der Waals surface area contributed by atoms with Gasteiger partial charge in [0.05, 0.1) is 19.4 Å². The average Bonchev–Trinajstić information content (AvgIpc) is 2.78. The van der Waals surface area contributed by atoms with Crippen molar-refractivity contribution in [1.82, 2.24) is 9.88 Å². The lowest BCUT2D eigenvalue weighted by atomic mass is 9.96. The van der Waals surface area contributed by atoms with E-state index < -0.39 is 21.5 Å². The Hall–Kier alpha value is -1.85. The lowest BCUT2D eigenvalue weighted by molar-refractivity contribution is -0.0565. The zero-order valence-electron chi connectivity index (χ0n) is 15.9. The summed E-state index contributed by atoms with van der Waals surface area (Å²) in [5, 5.41) is 0. The molecule has 0 radical (unpaired) electrons. The van der Waals surface area contributed by atoms with Crippen LogP contribution < -0.4 is 9.47 Å². The predicted molar refractivity (Wildman–Crippen MR) is 99.4 cm³/mol. The number of halogens is 2. The summed E-state index contributed by atoms with van der Waals surface area (Å²) >= 11 is 0. The van der Waals surface area contributed by atoms with Crippen molar-refractivity contribution in [3.63, 3.8) is 0 Å². The van der Waals surface area contributed by atoms with Gasteiger partial charge in [-0.1, -0.05) is 0 Å². The summed E-state index contributed by atoms with van der Waals surface area (Å²) in [5.74, 6) is -2.41. The molecule has 0 atom stereocenters. The number of hydrogen-bond donors (Lipinski definition) is 0. The van der Waals surface area contributed by atoms with Crippen molar-refractivity contribution in [2.75, 3.05) is 39.5 Å². The minimum Gasteiger partial charge on any atom is -0.476 e. The Morgan fingerprint density at radius 3 is 2.59 bits per heavy atom. The zero-order valence-corrected chi connectivity index (χ0v) is 16.7. The third-order valence-corrected chi connectivity index (χ3v) is 6.64. The molecule has 8 nitrogen and oxygen atoms in total. The Morgan fingerprint density at radius 2 is 1.86 bits per heavy atom. The molecule has 0 aromatic carbocycles. The Labute approximate surface area is 167 Å². The van der Waals surface area contributed by atoms with E-state index >= 15 is 0 Å². The van der Waals surface area contributed by atoms with Crippen LogP contribution in [-0.2, 0) is 14.8 Å². The van der Waals surface area contributed by atoms with Gasteiger partial charge < -0.3 is 14.2 Å². The number of rotatable bonds is 4. The first-order valence-electron chi connectivity index (χ1n) is 9.59. The first kappa shape index (κ1) is 20.4. The van der Waals surface area contributed by atoms with Gasteiger partial charge in [-0.05, 0) is 6.07 Å². The fourth-order valence-electron chi connectivity index (χ4n) is 3.53. The van der Waals surface area contributed by atoms with Crippen molar-refractivity contribution >= 4 is 16.2 Å². The third-order valence-electron chi connectivity index (χ3n) is 5.39. The minimum atomic E-state index is -3.91. The van der Waals surface area contributed by atoms with Crippen molar-refractivity contribution < 1.29 is 31.4 Å². The minimum absolute atomic E-state index is 0.0421. The maximum Gasteiger partial charge on any atom is 0.287 e. The quantitative estimate of drug-likeness (QED) is 0.719. The van der Waals surface area contributed by atoms with Crippen molar-refractivity contribution in [3.05, 3.63) is 12.1 Å². The van der Waals surface area contributed by atoms with Gasteiger partial charge in [0, 0.05) is 51.4 Å². The second kappa shape index (κ2) is 7.77. The average molecular weight is 431 g/mol. The van der Waals surface area contributed by atoms with Gasteiger partial charge in [0.1, 0.15) is 6.61 Å². The molecule has 1 spiro atoms. The molecule has 4 rings (SSSR count). The molecule has 160 valence electrons. The van der Waals surface area contributed by atoms with Gasteiger partial charge in [-0.25, -0.2) is 8.78 Å². The van der Waals surface area contributed by atoms with Gasteiger partial charge in [0.25, 0.3) is 15.9 Å². The van der Waals surface area contributed by atoms with E-state index in [1.165, 1.54) is 18.3 Å². The van der Waals surface area contributed by atoms with Crippen LogP contribution >= 0.6 is 0 Å². The summed E-state index contributed by atoms with van der Waals surface area (Å²) in [6, 6.07) is 2.81. The maximum atomic E-state index is 13.2. The number of fused-ring (bicyclic) bond motifs is 1. The molecule has 29 heavy (non-hydrogen) atoms. The number of alkyl halides is 2. The van der Waals surface area contributed by atoms with Gasteiger partial charge in [0.2, 0.25) is 11.8 Å². The van der Waals surface area contributed by atoms with Crippen LogP contribution in [0, 0.1) is 0 Å². The van der Waals surface area contributed by atoms with Crippen LogP contribution in [0.3, 0.4) is 0 Å². The monoisotopic (exact) mass is 431 g/mol. The standard InChI is InChI=1S/C18H23F2N3O5S/c19-18(20)3-7-23(8-4-18)9-12-27-15-2-1-14-16(22-15)28-17(5-10-26-11-6-17)13-21-29(14,24)25/h1-2,13H,3-12H2. The molecule has 0 amide bonds. The van der Waals surface area contributed by atoms with Crippen LogP contribution in [0.15, 0.2) is 21.4 Å². The van der Waals surface area contributed by atoms with Crippen molar-refractivity contribution in [2.45, 2.75) is 42.1 Å². The molecule has 2 fully saturated rings. The number of pyridine rings is 1. The molecule has 0 saturated carbocycles. The normalized spacial score (nSPS) is 25.0. The highest BCUT2D eigenvalue weighted by molar-refractivity contribution is 7.90. The molecule has 3 aliphatic rings. The molecular weight excluding hydrogens is 408 g/mol. The van der Waals surface area contributed by atoms with E-state index in [1.807, 2.05) is 4.90 Å². The van der Waals surface area contributed by atoms with E-state index in [1.54, 1.807) is 0 Å². The number of hydrogen-bond acceptors (Lipinski definition) is 7. The Balaban J connectivity index is 1.44. The summed E-state index contributed by atoms with van der Waals surface area (Å²) in [6.07, 6.45) is 1.97. The summed E-state index contributed by atoms with van der Waals surface area (Å²) in [4.78, 5) is 6.04. The summed E-state index contributed by atoms with van der Waals surface area (Å²) in [5.41, 5.74) is -0.874. The van der Waals surface area contributed by atoms with Crippen molar-refractivity contribution in [3.8, 4) is 11.8 Å². The highest BCUT2D eigenvalue weighted by Crippen LogP contribution is 2.35. The number of ether oxygens (including phenoxy) is 3. The van der Waals surface area contributed by atoms with E-state index in [2.05, 4.69) is 9.38 Å². The second-order valence-corrected chi connectivity index (χ2v) is 9.09. The first-order chi connectivity index (χ1) is 13.8. The zero-order chi connectivity index (χ0) is 20.5. The lowest BCUT2D eigenvalue weighted by Crippen LogP contribution is -2.43. The Kier molecular flexibility index (Phi) is 5.47. The van der Waals surface area contributed by atoms with Crippen LogP contribution in [0.1, 0.15) is 25.7 Å². The highest BCUT2D eigenvalue weighted by atomic mass is 32.2. The van der Waals surface area contributed by atoms with Gasteiger partial charge in [-0.3, -0.25) is 4.90 Å². The van der Waals surface area contributed by atoms with Gasteiger partial charge in [-0.15, -0.1) is 0 Å². The molecule has 1 aromatic heterocycles. The van der Waals surface area contributed by atoms with Crippen LogP contribution in [0.2, 0.25) is 0 Å². The Bertz CT molecular complexity index is 877. The molecule has 11 heteroatoms. The van der Waals surface area contributed by atoms with E-state index in [-0.39, 0.29) is 36.1 Å². The molecule has 1 aromatic rings. The number of likely N-dealkylation sites (tertiary alicyclic amines) is 1. The number of aromatic nitrogens is 1. The van der Waals surface area contributed by atoms with Gasteiger partial charge >= 0.3 is 0 Å². The Morgan fingerprint density at radius 1 is 1.14 bits per heavy atom. The first-order valence-corrected chi connectivity index (χ1v) is 11.0. The topological polar surface area (TPSA) is 90.3 Å². The number of piperidine rings is 1. The highest BCUT2D eigenvalue weighted by Gasteiger charge is 2.39. The predicted octanol–water partition coefficient (Wildman–Crippen LogP) is 1.89. The van der Waals surface area contributed by atoms with E-state index in [0.717, 1.165) is 0 Å². The van der Waals surface area contributed by atoms with Gasteiger partial charge in [-0.2, -0.15) is 17.8 Å². The summed E-state index contributed by atoms with van der Waals surface area (Å²) in [6.45, 7) is 2.24. The summed E-state index contributed by atoms with van der Waals surface area (Å²) in [7, 11) is -3.91. The van der Waals surface area contributed by atoms with E-state index in [9.17, 15) is 17.2 Å². The molecule has 4 heterocycles. The molecule has 3 aliphatic heterocycles. The number of sulfonamides is 1. The maximum absolute atomic E-state index is 13.2. The summed E-state index contributed by atoms with van der Waals surface area (Å²) < 4.78 is 72.0.